The smallest absolute Gasteiger partial charge is 0.163 e. The van der Waals surface area contributed by atoms with Crippen LogP contribution in [0.1, 0.15) is 211 Å². The third kappa shape index (κ3) is 28.9. The summed E-state index contributed by atoms with van der Waals surface area (Å²) in [6, 6.07) is 15.5. The second-order valence-corrected chi connectivity index (χ2v) is 15.8. The number of ether oxygens (including phenoxy) is 2. The third-order valence-electron chi connectivity index (χ3n) is 10.6. The molecule has 0 fully saturated rings. The molecule has 0 aromatic heterocycles. The molecule has 0 saturated heterocycles. The first-order valence-corrected chi connectivity index (χ1v) is 23.0. The maximum absolute atomic E-state index is 12.4. The molecule has 4 nitrogen and oxygen atoms in total. The molecule has 0 aliphatic rings. The van der Waals surface area contributed by atoms with Gasteiger partial charge in [-0.2, -0.15) is 0 Å². The van der Waals surface area contributed by atoms with Crippen LogP contribution in [-0.4, -0.2) is 24.8 Å². The molecular weight excluding hydrogens is 677 g/mol. The van der Waals surface area contributed by atoms with Crippen molar-refractivity contribution >= 4 is 23.7 Å². The standard InChI is InChI=1S/C51H80O4/c1-3-5-7-9-11-13-15-17-19-21-23-25-27-29-43-54-50-39-33-46(34-40-50)31-37-48(52)45-49(53)38-32-47-35-41-51(42-36-47)55-44-30-28-26-24-22-20-18-16-14-12-10-8-6-4-2/h31-42H,3-30,43-45H2,1-2H3/b37-31+,38-32+. The van der Waals surface area contributed by atoms with Crippen LogP contribution in [0, 0.1) is 0 Å². The van der Waals surface area contributed by atoms with E-state index in [-0.39, 0.29) is 18.0 Å². The zero-order valence-corrected chi connectivity index (χ0v) is 35.5. The first-order chi connectivity index (χ1) is 27.1. The molecule has 0 bridgehead atoms. The zero-order valence-electron chi connectivity index (χ0n) is 35.5. The summed E-state index contributed by atoms with van der Waals surface area (Å²) < 4.78 is 11.8. The number of hydrogen-bond acceptors (Lipinski definition) is 4. The Labute approximate surface area is 338 Å². The predicted molar refractivity (Wildman–Crippen MR) is 237 cm³/mol. The Bertz CT molecular complexity index is 1140. The van der Waals surface area contributed by atoms with E-state index < -0.39 is 0 Å². The Hall–Kier alpha value is -3.14. The first kappa shape index (κ1) is 48.0. The van der Waals surface area contributed by atoms with Gasteiger partial charge in [-0.05, 0) is 60.4 Å². The van der Waals surface area contributed by atoms with E-state index in [4.69, 9.17) is 9.47 Å². The molecule has 0 saturated carbocycles. The van der Waals surface area contributed by atoms with Crippen molar-refractivity contribution in [2.75, 3.05) is 13.2 Å². The monoisotopic (exact) mass is 757 g/mol. The van der Waals surface area contributed by atoms with Gasteiger partial charge in [0.05, 0.1) is 19.6 Å². The normalized spacial score (nSPS) is 11.5. The molecule has 0 spiro atoms. The molecule has 0 aliphatic heterocycles. The molecule has 55 heavy (non-hydrogen) atoms. The molecule has 0 radical (unpaired) electrons. The SMILES string of the molecule is CCCCCCCCCCCCCCCCOc1ccc(/C=C/C(=O)CC(=O)/C=C/c2ccc(OCCCCCCCCCCCCCCCC)cc2)cc1. The summed E-state index contributed by atoms with van der Waals surface area (Å²) >= 11 is 0. The van der Waals surface area contributed by atoms with Crippen molar-refractivity contribution < 1.29 is 19.1 Å². The minimum atomic E-state index is -0.208. The average Bonchev–Trinajstić information content (AvgIpc) is 3.20. The van der Waals surface area contributed by atoms with Gasteiger partial charge in [0, 0.05) is 0 Å². The van der Waals surface area contributed by atoms with E-state index in [1.54, 1.807) is 12.2 Å². The number of rotatable bonds is 38. The number of ketones is 2. The van der Waals surface area contributed by atoms with Crippen LogP contribution in [0.5, 0.6) is 11.5 Å². The highest BCUT2D eigenvalue weighted by atomic mass is 16.5. The highest BCUT2D eigenvalue weighted by Gasteiger charge is 2.04. The van der Waals surface area contributed by atoms with E-state index in [2.05, 4.69) is 13.8 Å². The molecule has 0 unspecified atom stereocenters. The molecule has 2 aromatic carbocycles. The summed E-state index contributed by atoms with van der Waals surface area (Å²) in [4.78, 5) is 24.8. The lowest BCUT2D eigenvalue weighted by molar-refractivity contribution is -0.121. The lowest BCUT2D eigenvalue weighted by Crippen LogP contribution is -2.02. The van der Waals surface area contributed by atoms with Crippen molar-refractivity contribution in [1.29, 1.82) is 0 Å². The van der Waals surface area contributed by atoms with Gasteiger partial charge in [0.15, 0.2) is 11.6 Å². The van der Waals surface area contributed by atoms with Crippen LogP contribution < -0.4 is 9.47 Å². The number of carbonyl (C=O) groups excluding carboxylic acids is 2. The molecule has 0 heterocycles. The molecular formula is C51H80O4. The van der Waals surface area contributed by atoms with Gasteiger partial charge in [-0.25, -0.2) is 0 Å². The van der Waals surface area contributed by atoms with Crippen molar-refractivity contribution in [2.24, 2.45) is 0 Å². The van der Waals surface area contributed by atoms with Crippen molar-refractivity contribution in [2.45, 2.75) is 200 Å². The highest BCUT2D eigenvalue weighted by molar-refractivity contribution is 6.10. The van der Waals surface area contributed by atoms with Gasteiger partial charge in [-0.1, -0.05) is 217 Å². The number of hydrogen-bond donors (Lipinski definition) is 0. The molecule has 2 aromatic rings. The van der Waals surface area contributed by atoms with Crippen LogP contribution in [0.3, 0.4) is 0 Å². The van der Waals surface area contributed by atoms with Crippen LogP contribution in [0.25, 0.3) is 12.2 Å². The van der Waals surface area contributed by atoms with Crippen molar-refractivity contribution in [3.63, 3.8) is 0 Å². The Balaban J connectivity index is 1.46. The molecule has 4 heteroatoms. The second-order valence-electron chi connectivity index (χ2n) is 15.8. The zero-order chi connectivity index (χ0) is 39.3. The minimum absolute atomic E-state index is 0.145. The van der Waals surface area contributed by atoms with E-state index in [1.165, 1.54) is 179 Å². The fraction of sp³-hybridized carbons (Fsp3) is 0.647. The lowest BCUT2D eigenvalue weighted by Gasteiger charge is -2.07. The van der Waals surface area contributed by atoms with Crippen LogP contribution >= 0.6 is 0 Å². The number of benzene rings is 2. The Morgan fingerprint density at radius 1 is 0.382 bits per heavy atom. The van der Waals surface area contributed by atoms with Gasteiger partial charge in [0.25, 0.3) is 0 Å². The quantitative estimate of drug-likeness (QED) is 0.0389. The Morgan fingerprint density at radius 2 is 0.636 bits per heavy atom. The van der Waals surface area contributed by atoms with E-state index in [9.17, 15) is 9.59 Å². The van der Waals surface area contributed by atoms with Crippen molar-refractivity contribution in [1.82, 2.24) is 0 Å². The summed E-state index contributed by atoms with van der Waals surface area (Å²) in [5.41, 5.74) is 1.82. The molecule has 0 amide bonds. The average molecular weight is 757 g/mol. The van der Waals surface area contributed by atoms with E-state index in [1.807, 2.05) is 48.5 Å². The fourth-order valence-electron chi connectivity index (χ4n) is 6.99. The molecule has 308 valence electrons. The van der Waals surface area contributed by atoms with E-state index in [0.29, 0.717) is 0 Å². The Morgan fingerprint density at radius 3 is 0.909 bits per heavy atom. The van der Waals surface area contributed by atoms with Gasteiger partial charge < -0.3 is 9.47 Å². The summed E-state index contributed by atoms with van der Waals surface area (Å²) in [7, 11) is 0. The van der Waals surface area contributed by atoms with E-state index >= 15 is 0 Å². The fourth-order valence-corrected chi connectivity index (χ4v) is 6.99. The number of carbonyl (C=O) groups is 2. The Kier molecular flexibility index (Phi) is 30.8. The summed E-state index contributed by atoms with van der Waals surface area (Å²) in [6.07, 6.45) is 44.1. The third-order valence-corrected chi connectivity index (χ3v) is 10.6. The molecule has 0 atom stereocenters. The largest absolute Gasteiger partial charge is 0.494 e. The summed E-state index contributed by atoms with van der Waals surface area (Å²) in [5, 5.41) is 0. The van der Waals surface area contributed by atoms with Gasteiger partial charge >= 0.3 is 0 Å². The van der Waals surface area contributed by atoms with Crippen LogP contribution in [0.4, 0.5) is 0 Å². The summed E-state index contributed by atoms with van der Waals surface area (Å²) in [6.45, 7) is 6.03. The number of allylic oxidation sites excluding steroid dienone is 2. The van der Waals surface area contributed by atoms with Crippen LogP contribution in [0.15, 0.2) is 60.7 Å². The van der Waals surface area contributed by atoms with Crippen molar-refractivity contribution in [3.8, 4) is 11.5 Å². The lowest BCUT2D eigenvalue weighted by atomic mass is 10.0. The summed E-state index contributed by atoms with van der Waals surface area (Å²) in [5.74, 6) is 1.28. The molecule has 2 rings (SSSR count). The van der Waals surface area contributed by atoms with Gasteiger partial charge in [-0.3, -0.25) is 9.59 Å². The van der Waals surface area contributed by atoms with Gasteiger partial charge in [-0.15, -0.1) is 0 Å². The maximum Gasteiger partial charge on any atom is 0.163 e. The maximum atomic E-state index is 12.4. The topological polar surface area (TPSA) is 52.6 Å². The molecule has 0 aliphatic carbocycles. The second kappa shape index (κ2) is 35.3. The van der Waals surface area contributed by atoms with Crippen molar-refractivity contribution in [3.05, 3.63) is 71.8 Å². The predicted octanol–water partition coefficient (Wildman–Crippen LogP) is 15.7. The first-order valence-electron chi connectivity index (χ1n) is 23.0. The minimum Gasteiger partial charge on any atom is -0.494 e. The number of unbranched alkanes of at least 4 members (excludes halogenated alkanes) is 26. The molecule has 0 N–H and O–H groups in total. The van der Waals surface area contributed by atoms with Crippen LogP contribution in [0.2, 0.25) is 0 Å². The van der Waals surface area contributed by atoms with E-state index in [0.717, 1.165) is 48.7 Å². The van der Waals surface area contributed by atoms with Gasteiger partial charge in [0.1, 0.15) is 11.5 Å². The van der Waals surface area contributed by atoms with Crippen LogP contribution in [-0.2, 0) is 9.59 Å². The van der Waals surface area contributed by atoms with Gasteiger partial charge in [0.2, 0.25) is 0 Å². The highest BCUT2D eigenvalue weighted by Crippen LogP contribution is 2.18.